The highest BCUT2D eigenvalue weighted by molar-refractivity contribution is 5.22. The van der Waals surface area contributed by atoms with Gasteiger partial charge in [0.25, 0.3) is 0 Å². The maximum Gasteiger partial charge on any atom is 0.201 e. The third kappa shape index (κ3) is 3.16. The predicted octanol–water partition coefficient (Wildman–Crippen LogP) is 3.90. The lowest BCUT2D eigenvalue weighted by atomic mass is 9.58. The van der Waals surface area contributed by atoms with E-state index in [4.69, 9.17) is 24.0 Å². The first-order valence-electron chi connectivity index (χ1n) is 11.0. The average molecular weight is 405 g/mol. The van der Waals surface area contributed by atoms with E-state index in [1.165, 1.54) is 6.42 Å². The summed E-state index contributed by atoms with van der Waals surface area (Å²) in [5, 5.41) is 9.37. The van der Waals surface area contributed by atoms with Crippen molar-refractivity contribution >= 4 is 0 Å². The van der Waals surface area contributed by atoms with Gasteiger partial charge in [-0.2, -0.15) is 0 Å². The molecule has 4 heterocycles. The Labute approximate surface area is 172 Å². The zero-order valence-electron chi connectivity index (χ0n) is 17.5. The molecule has 4 aliphatic heterocycles. The molecule has 1 aliphatic carbocycles. The summed E-state index contributed by atoms with van der Waals surface area (Å²) in [6.07, 6.45) is 3.23. The summed E-state index contributed by atoms with van der Waals surface area (Å²) >= 11 is 0. The van der Waals surface area contributed by atoms with Crippen LogP contribution >= 0.6 is 0 Å². The van der Waals surface area contributed by atoms with Crippen molar-refractivity contribution < 1.29 is 29.1 Å². The molecule has 1 spiro atoms. The van der Waals surface area contributed by atoms with Crippen molar-refractivity contribution in [1.29, 1.82) is 0 Å². The molecule has 160 valence electrons. The Morgan fingerprint density at radius 2 is 1.93 bits per heavy atom. The number of ether oxygens (including phenoxy) is 3. The first-order chi connectivity index (χ1) is 13.9. The molecule has 0 unspecified atom stereocenters. The number of aliphatic hydroxyl groups is 1. The highest BCUT2D eigenvalue weighted by atomic mass is 17.3. The number of rotatable bonds is 4. The van der Waals surface area contributed by atoms with Gasteiger partial charge in [-0.1, -0.05) is 38.1 Å². The van der Waals surface area contributed by atoms with Crippen molar-refractivity contribution in [2.45, 2.75) is 83.6 Å². The fourth-order valence-corrected chi connectivity index (χ4v) is 6.06. The van der Waals surface area contributed by atoms with Crippen LogP contribution in [0.5, 0.6) is 0 Å². The summed E-state index contributed by atoms with van der Waals surface area (Å²) in [7, 11) is 0. The Morgan fingerprint density at radius 3 is 2.76 bits per heavy atom. The fraction of sp³-hybridized carbons (Fsp3) is 0.739. The quantitative estimate of drug-likeness (QED) is 0.768. The molecule has 6 rings (SSSR count). The summed E-state index contributed by atoms with van der Waals surface area (Å²) in [4.78, 5) is 12.0. The zero-order valence-corrected chi connectivity index (χ0v) is 17.5. The van der Waals surface area contributed by atoms with E-state index in [0.717, 1.165) is 30.4 Å². The van der Waals surface area contributed by atoms with Gasteiger partial charge in [-0.25, -0.2) is 9.78 Å². The Hall–Kier alpha value is -1.02. The molecule has 2 bridgehead atoms. The normalized spacial score (nSPS) is 46.2. The SMILES string of the molecule is C[C@H]1[C@@H](OCc2cccc(CO)c2)O[C@@H]2O[C@]3(C)CC[C@H]4[C@H](C)CC[C@@H]1[C@@]24OO3. The minimum absolute atomic E-state index is 0.0280. The molecule has 6 heteroatoms. The maximum absolute atomic E-state index is 9.37. The minimum atomic E-state index is -0.766. The molecular formula is C23H32O6. The maximum atomic E-state index is 9.37. The van der Waals surface area contributed by atoms with Crippen LogP contribution in [0.3, 0.4) is 0 Å². The second-order valence-electron chi connectivity index (χ2n) is 9.56. The molecule has 0 radical (unpaired) electrons. The number of benzene rings is 1. The van der Waals surface area contributed by atoms with E-state index in [-0.39, 0.29) is 24.7 Å². The first kappa shape index (κ1) is 19.9. The number of hydrogen-bond acceptors (Lipinski definition) is 6. The van der Waals surface area contributed by atoms with Gasteiger partial charge in [-0.05, 0) is 49.1 Å². The minimum Gasteiger partial charge on any atom is -0.392 e. The van der Waals surface area contributed by atoms with Crippen LogP contribution in [0.1, 0.15) is 57.6 Å². The smallest absolute Gasteiger partial charge is 0.201 e. The topological polar surface area (TPSA) is 66.4 Å². The molecule has 1 aromatic rings. The predicted molar refractivity (Wildman–Crippen MR) is 104 cm³/mol. The average Bonchev–Trinajstić information content (AvgIpc) is 2.96. The fourth-order valence-electron chi connectivity index (χ4n) is 6.06. The summed E-state index contributed by atoms with van der Waals surface area (Å²) in [6, 6.07) is 7.82. The highest BCUT2D eigenvalue weighted by Crippen LogP contribution is 2.60. The third-order valence-corrected chi connectivity index (χ3v) is 7.69. The molecule has 0 amide bonds. The van der Waals surface area contributed by atoms with Crippen LogP contribution in [0.25, 0.3) is 0 Å². The molecule has 29 heavy (non-hydrogen) atoms. The Kier molecular flexibility index (Phi) is 5.01. The highest BCUT2D eigenvalue weighted by Gasteiger charge is 2.69. The lowest BCUT2D eigenvalue weighted by Crippen LogP contribution is -2.70. The Balaban J connectivity index is 1.39. The van der Waals surface area contributed by atoms with E-state index >= 15 is 0 Å². The van der Waals surface area contributed by atoms with Crippen molar-refractivity contribution in [3.63, 3.8) is 0 Å². The number of aliphatic hydroxyl groups excluding tert-OH is 1. The molecule has 6 nitrogen and oxygen atoms in total. The summed E-state index contributed by atoms with van der Waals surface area (Å²) < 4.78 is 19.0. The van der Waals surface area contributed by atoms with E-state index in [1.807, 2.05) is 31.2 Å². The van der Waals surface area contributed by atoms with Gasteiger partial charge in [-0.15, -0.1) is 0 Å². The molecule has 1 aromatic carbocycles. The van der Waals surface area contributed by atoms with Crippen LogP contribution in [-0.2, 0) is 37.2 Å². The van der Waals surface area contributed by atoms with Gasteiger partial charge in [0.1, 0.15) is 0 Å². The van der Waals surface area contributed by atoms with E-state index in [2.05, 4.69) is 13.8 Å². The zero-order chi connectivity index (χ0) is 20.2. The molecule has 1 N–H and O–H groups in total. The second kappa shape index (κ2) is 7.29. The molecule has 4 saturated heterocycles. The lowest BCUT2D eigenvalue weighted by Gasteiger charge is -2.60. The van der Waals surface area contributed by atoms with Crippen LogP contribution in [0, 0.1) is 23.7 Å². The van der Waals surface area contributed by atoms with Crippen LogP contribution in [-0.4, -0.2) is 29.1 Å². The lowest BCUT2D eigenvalue weighted by molar-refractivity contribution is -0.577. The van der Waals surface area contributed by atoms with E-state index in [1.54, 1.807) is 0 Å². The molecule has 5 fully saturated rings. The van der Waals surface area contributed by atoms with Gasteiger partial charge in [0.2, 0.25) is 5.79 Å². The number of hydrogen-bond donors (Lipinski definition) is 1. The summed E-state index contributed by atoms with van der Waals surface area (Å²) in [5.74, 6) is 0.574. The largest absolute Gasteiger partial charge is 0.392 e. The molecule has 5 aliphatic rings. The van der Waals surface area contributed by atoms with Crippen LogP contribution in [0.4, 0.5) is 0 Å². The standard InChI is InChI=1S/C23H32O6/c1-14-7-8-19-15(2)20(25-13-17-6-4-5-16(11-17)12-24)26-21-23(19)18(14)9-10-22(3,27-21)28-29-23/h4-6,11,14-15,18-21,24H,7-10,12-13H2,1-3H3/t14-,15-,18+,19+,20+,21-,22+,23-/m1/s1. The first-order valence-corrected chi connectivity index (χ1v) is 11.0. The van der Waals surface area contributed by atoms with Crippen molar-refractivity contribution in [3.05, 3.63) is 35.4 Å². The van der Waals surface area contributed by atoms with E-state index < -0.39 is 17.7 Å². The Morgan fingerprint density at radius 1 is 1.10 bits per heavy atom. The van der Waals surface area contributed by atoms with Crippen molar-refractivity contribution in [2.24, 2.45) is 23.7 Å². The van der Waals surface area contributed by atoms with Gasteiger partial charge in [0.15, 0.2) is 18.2 Å². The Bertz CT molecular complexity index is 755. The van der Waals surface area contributed by atoms with E-state index in [9.17, 15) is 5.11 Å². The molecular weight excluding hydrogens is 372 g/mol. The van der Waals surface area contributed by atoms with Crippen LogP contribution < -0.4 is 0 Å². The summed E-state index contributed by atoms with van der Waals surface area (Å²) in [6.45, 7) is 6.91. The van der Waals surface area contributed by atoms with Crippen molar-refractivity contribution in [3.8, 4) is 0 Å². The van der Waals surface area contributed by atoms with Crippen molar-refractivity contribution in [2.75, 3.05) is 0 Å². The van der Waals surface area contributed by atoms with Crippen LogP contribution in [0.2, 0.25) is 0 Å². The van der Waals surface area contributed by atoms with Gasteiger partial charge in [0, 0.05) is 18.3 Å². The number of fused-ring (bicyclic) bond motifs is 2. The molecule has 0 aromatic heterocycles. The molecule has 8 atom stereocenters. The monoisotopic (exact) mass is 404 g/mol. The second-order valence-corrected chi connectivity index (χ2v) is 9.56. The van der Waals surface area contributed by atoms with Crippen molar-refractivity contribution in [1.82, 2.24) is 0 Å². The van der Waals surface area contributed by atoms with Crippen LogP contribution in [0.15, 0.2) is 24.3 Å². The van der Waals surface area contributed by atoms with E-state index in [0.29, 0.717) is 18.4 Å². The van der Waals surface area contributed by atoms with Gasteiger partial charge >= 0.3 is 0 Å². The van der Waals surface area contributed by atoms with Gasteiger partial charge in [-0.3, -0.25) is 0 Å². The summed E-state index contributed by atoms with van der Waals surface area (Å²) in [5.41, 5.74) is 1.36. The third-order valence-electron chi connectivity index (χ3n) is 7.69. The van der Waals surface area contributed by atoms with Gasteiger partial charge in [0.05, 0.1) is 13.2 Å². The van der Waals surface area contributed by atoms with Gasteiger partial charge < -0.3 is 19.3 Å². The molecule has 1 saturated carbocycles.